The van der Waals surface area contributed by atoms with Crippen LogP contribution >= 0.6 is 15.9 Å². The molecule has 0 radical (unpaired) electrons. The molecule has 0 aliphatic rings. The van der Waals surface area contributed by atoms with Gasteiger partial charge in [0.15, 0.2) is 0 Å². The molecule has 0 aromatic heterocycles. The lowest BCUT2D eigenvalue weighted by atomic mass is 10.2. The zero-order valence-electron chi connectivity index (χ0n) is 7.63. The average molecular weight is 246 g/mol. The van der Waals surface area contributed by atoms with Crippen LogP contribution in [0.5, 0.6) is 11.5 Å². The third-order valence-electron chi connectivity index (χ3n) is 1.77. The molecule has 0 aliphatic heterocycles. The van der Waals surface area contributed by atoms with E-state index in [1.54, 1.807) is 14.2 Å². The van der Waals surface area contributed by atoms with Crippen molar-refractivity contribution in [1.29, 1.82) is 0 Å². The topological polar surface area (TPSA) is 44.5 Å². The summed E-state index contributed by atoms with van der Waals surface area (Å²) in [6.45, 7) is 0.450. The van der Waals surface area contributed by atoms with Gasteiger partial charge in [-0.05, 0) is 22.0 Å². The largest absolute Gasteiger partial charge is 0.496 e. The Morgan fingerprint density at radius 3 is 2.31 bits per heavy atom. The normalized spacial score (nSPS) is 9.85. The molecule has 0 heterocycles. The number of ether oxygens (including phenoxy) is 2. The van der Waals surface area contributed by atoms with Crippen molar-refractivity contribution in [3.8, 4) is 11.5 Å². The Morgan fingerprint density at radius 1 is 1.23 bits per heavy atom. The van der Waals surface area contributed by atoms with Crippen LogP contribution in [-0.4, -0.2) is 14.2 Å². The lowest BCUT2D eigenvalue weighted by molar-refractivity contribution is 0.389. The summed E-state index contributed by atoms with van der Waals surface area (Å²) < 4.78 is 11.2. The first-order valence-electron chi connectivity index (χ1n) is 3.83. The molecule has 0 bridgehead atoms. The van der Waals surface area contributed by atoms with Crippen LogP contribution in [0.25, 0.3) is 0 Å². The Balaban J connectivity index is 3.18. The SMILES string of the molecule is COc1cc(OC)c(CN)cc1Br. The van der Waals surface area contributed by atoms with Gasteiger partial charge in [0, 0.05) is 18.2 Å². The van der Waals surface area contributed by atoms with Crippen molar-refractivity contribution in [3.05, 3.63) is 22.2 Å². The minimum Gasteiger partial charge on any atom is -0.496 e. The van der Waals surface area contributed by atoms with Crippen molar-refractivity contribution in [2.75, 3.05) is 14.2 Å². The summed E-state index contributed by atoms with van der Waals surface area (Å²) in [5.74, 6) is 1.50. The molecule has 3 nitrogen and oxygen atoms in total. The van der Waals surface area contributed by atoms with Gasteiger partial charge in [0.05, 0.1) is 18.7 Å². The van der Waals surface area contributed by atoms with Gasteiger partial charge in [-0.15, -0.1) is 0 Å². The van der Waals surface area contributed by atoms with E-state index in [1.165, 1.54) is 0 Å². The summed E-state index contributed by atoms with van der Waals surface area (Å²) in [5, 5.41) is 0. The van der Waals surface area contributed by atoms with E-state index in [2.05, 4.69) is 15.9 Å². The van der Waals surface area contributed by atoms with E-state index >= 15 is 0 Å². The van der Waals surface area contributed by atoms with Gasteiger partial charge in [-0.2, -0.15) is 0 Å². The molecule has 1 aromatic carbocycles. The Kier molecular flexibility index (Phi) is 3.57. The number of rotatable bonds is 3. The van der Waals surface area contributed by atoms with Gasteiger partial charge < -0.3 is 15.2 Å². The number of benzene rings is 1. The minimum absolute atomic E-state index is 0.450. The lowest BCUT2D eigenvalue weighted by Crippen LogP contribution is -2.00. The highest BCUT2D eigenvalue weighted by Crippen LogP contribution is 2.32. The van der Waals surface area contributed by atoms with Crippen LogP contribution < -0.4 is 15.2 Å². The minimum atomic E-state index is 0.450. The first-order valence-corrected chi connectivity index (χ1v) is 4.62. The molecule has 0 saturated heterocycles. The van der Waals surface area contributed by atoms with Crippen molar-refractivity contribution in [2.24, 2.45) is 5.73 Å². The second-order valence-electron chi connectivity index (χ2n) is 2.50. The molecule has 0 spiro atoms. The summed E-state index contributed by atoms with van der Waals surface area (Å²) in [7, 11) is 3.23. The predicted molar refractivity (Wildman–Crippen MR) is 55.1 cm³/mol. The fourth-order valence-corrected chi connectivity index (χ4v) is 1.63. The third kappa shape index (κ3) is 2.14. The van der Waals surface area contributed by atoms with Crippen LogP contribution in [0, 0.1) is 0 Å². The van der Waals surface area contributed by atoms with Crippen molar-refractivity contribution < 1.29 is 9.47 Å². The lowest BCUT2D eigenvalue weighted by Gasteiger charge is -2.10. The van der Waals surface area contributed by atoms with E-state index in [4.69, 9.17) is 15.2 Å². The van der Waals surface area contributed by atoms with Gasteiger partial charge in [0.2, 0.25) is 0 Å². The van der Waals surface area contributed by atoms with Crippen LogP contribution in [0.3, 0.4) is 0 Å². The predicted octanol–water partition coefficient (Wildman–Crippen LogP) is 1.92. The average Bonchev–Trinajstić information content (AvgIpc) is 2.17. The summed E-state index contributed by atoms with van der Waals surface area (Å²) in [5.41, 5.74) is 6.50. The van der Waals surface area contributed by atoms with Crippen molar-refractivity contribution in [1.82, 2.24) is 0 Å². The summed E-state index contributed by atoms with van der Waals surface area (Å²) in [4.78, 5) is 0. The number of hydrogen-bond acceptors (Lipinski definition) is 3. The van der Waals surface area contributed by atoms with Crippen molar-refractivity contribution in [3.63, 3.8) is 0 Å². The van der Waals surface area contributed by atoms with Crippen molar-refractivity contribution >= 4 is 15.9 Å². The molecular formula is C9H12BrNO2. The monoisotopic (exact) mass is 245 g/mol. The molecule has 0 atom stereocenters. The molecule has 1 aromatic rings. The zero-order chi connectivity index (χ0) is 9.84. The number of methoxy groups -OCH3 is 2. The van der Waals surface area contributed by atoms with Crippen molar-refractivity contribution in [2.45, 2.75) is 6.54 Å². The Labute approximate surface area is 86.0 Å². The number of halogens is 1. The summed E-state index contributed by atoms with van der Waals surface area (Å²) in [6, 6.07) is 3.71. The second-order valence-corrected chi connectivity index (χ2v) is 3.36. The Morgan fingerprint density at radius 2 is 1.85 bits per heavy atom. The van der Waals surface area contributed by atoms with E-state index in [9.17, 15) is 0 Å². The Bertz CT molecular complexity index is 302. The number of nitrogens with two attached hydrogens (primary N) is 1. The standard InChI is InChI=1S/C9H12BrNO2/c1-12-8-4-9(13-2)7(10)3-6(8)5-11/h3-4H,5,11H2,1-2H3. The molecule has 0 aliphatic carbocycles. The second kappa shape index (κ2) is 4.48. The zero-order valence-corrected chi connectivity index (χ0v) is 9.22. The van der Waals surface area contributed by atoms with Gasteiger partial charge in [0.1, 0.15) is 11.5 Å². The van der Waals surface area contributed by atoms with Crippen LogP contribution in [0.15, 0.2) is 16.6 Å². The molecular weight excluding hydrogens is 234 g/mol. The molecule has 13 heavy (non-hydrogen) atoms. The van der Waals surface area contributed by atoms with E-state index in [0.29, 0.717) is 6.54 Å². The third-order valence-corrected chi connectivity index (χ3v) is 2.39. The van der Waals surface area contributed by atoms with E-state index < -0.39 is 0 Å². The van der Waals surface area contributed by atoms with E-state index in [1.807, 2.05) is 12.1 Å². The molecule has 0 saturated carbocycles. The Hall–Kier alpha value is -0.740. The van der Waals surface area contributed by atoms with Gasteiger partial charge in [-0.1, -0.05) is 0 Å². The molecule has 4 heteroatoms. The van der Waals surface area contributed by atoms with Gasteiger partial charge in [-0.25, -0.2) is 0 Å². The maximum atomic E-state index is 5.54. The molecule has 0 unspecified atom stereocenters. The van der Waals surface area contributed by atoms with Gasteiger partial charge in [-0.3, -0.25) is 0 Å². The van der Waals surface area contributed by atoms with Crippen LogP contribution in [0.1, 0.15) is 5.56 Å². The maximum absolute atomic E-state index is 5.54. The molecule has 1 rings (SSSR count). The highest BCUT2D eigenvalue weighted by Gasteiger charge is 2.07. The first-order chi connectivity index (χ1) is 6.22. The maximum Gasteiger partial charge on any atom is 0.136 e. The smallest absolute Gasteiger partial charge is 0.136 e. The fourth-order valence-electron chi connectivity index (χ4n) is 1.08. The van der Waals surface area contributed by atoms with Crippen LogP contribution in [0.2, 0.25) is 0 Å². The highest BCUT2D eigenvalue weighted by atomic mass is 79.9. The van der Waals surface area contributed by atoms with Crippen LogP contribution in [-0.2, 0) is 6.54 Å². The molecule has 72 valence electrons. The quantitative estimate of drug-likeness (QED) is 0.886. The molecule has 2 N–H and O–H groups in total. The summed E-state index contributed by atoms with van der Waals surface area (Å²) >= 11 is 3.38. The fraction of sp³-hybridized carbons (Fsp3) is 0.333. The van der Waals surface area contributed by atoms with E-state index in [0.717, 1.165) is 21.5 Å². The highest BCUT2D eigenvalue weighted by molar-refractivity contribution is 9.10. The summed E-state index contributed by atoms with van der Waals surface area (Å²) in [6.07, 6.45) is 0. The number of hydrogen-bond donors (Lipinski definition) is 1. The van der Waals surface area contributed by atoms with Gasteiger partial charge in [0.25, 0.3) is 0 Å². The van der Waals surface area contributed by atoms with Crippen LogP contribution in [0.4, 0.5) is 0 Å². The molecule has 0 fully saturated rings. The van der Waals surface area contributed by atoms with Gasteiger partial charge >= 0.3 is 0 Å². The first kappa shape index (κ1) is 10.3. The van der Waals surface area contributed by atoms with E-state index in [-0.39, 0.29) is 0 Å². The molecule has 0 amide bonds.